The van der Waals surface area contributed by atoms with Crippen molar-refractivity contribution in [2.45, 2.75) is 25.8 Å². The van der Waals surface area contributed by atoms with Crippen LogP contribution in [-0.2, 0) is 4.79 Å². The zero-order chi connectivity index (χ0) is 8.55. The molecule has 12 heavy (non-hydrogen) atoms. The zero-order valence-electron chi connectivity index (χ0n) is 7.38. The van der Waals surface area contributed by atoms with Crippen LogP contribution in [0.1, 0.15) is 19.8 Å². The van der Waals surface area contributed by atoms with E-state index in [-0.39, 0.29) is 0 Å². The van der Waals surface area contributed by atoms with Crippen LogP contribution in [0.4, 0.5) is 0 Å². The van der Waals surface area contributed by atoms with Crippen molar-refractivity contribution in [3.8, 4) is 0 Å². The summed E-state index contributed by atoms with van der Waals surface area (Å²) < 4.78 is 0. The molecule has 68 valence electrons. The Labute approximate surface area is 77.5 Å². The molecule has 1 saturated carbocycles. The predicted octanol–water partition coefficient (Wildman–Crippen LogP) is 1.26. The van der Waals surface area contributed by atoms with Crippen LogP contribution < -0.4 is 5.32 Å². The van der Waals surface area contributed by atoms with E-state index in [1.165, 1.54) is 5.75 Å². The molecule has 3 atom stereocenters. The number of nitrogens with one attached hydrogen (secondary N) is 1. The van der Waals surface area contributed by atoms with E-state index in [0.29, 0.717) is 23.8 Å². The van der Waals surface area contributed by atoms with Gasteiger partial charge in [0.15, 0.2) is 0 Å². The molecule has 3 heteroatoms. The van der Waals surface area contributed by atoms with Crippen molar-refractivity contribution in [1.29, 1.82) is 0 Å². The van der Waals surface area contributed by atoms with Crippen LogP contribution in [0.5, 0.6) is 0 Å². The second kappa shape index (κ2) is 3.29. The van der Waals surface area contributed by atoms with E-state index < -0.39 is 0 Å². The molecule has 0 aromatic rings. The SMILES string of the molecule is CC1CC1C(=O)NC1CCSC1. The van der Waals surface area contributed by atoms with Gasteiger partial charge in [0.1, 0.15) is 0 Å². The summed E-state index contributed by atoms with van der Waals surface area (Å²) >= 11 is 1.94. The van der Waals surface area contributed by atoms with Gasteiger partial charge in [-0.25, -0.2) is 0 Å². The van der Waals surface area contributed by atoms with Gasteiger partial charge in [0.25, 0.3) is 0 Å². The molecule has 1 saturated heterocycles. The van der Waals surface area contributed by atoms with Crippen molar-refractivity contribution < 1.29 is 4.79 Å². The van der Waals surface area contributed by atoms with Crippen LogP contribution in [0, 0.1) is 11.8 Å². The summed E-state index contributed by atoms with van der Waals surface area (Å²) in [7, 11) is 0. The molecular formula is C9H15NOS. The highest BCUT2D eigenvalue weighted by Gasteiger charge is 2.39. The molecule has 0 spiro atoms. The molecule has 0 bridgehead atoms. The molecule has 1 amide bonds. The lowest BCUT2D eigenvalue weighted by Crippen LogP contribution is -2.35. The Morgan fingerprint density at radius 1 is 1.58 bits per heavy atom. The average molecular weight is 185 g/mol. The first kappa shape index (κ1) is 8.42. The van der Waals surface area contributed by atoms with E-state index in [2.05, 4.69) is 12.2 Å². The zero-order valence-corrected chi connectivity index (χ0v) is 8.19. The smallest absolute Gasteiger partial charge is 0.223 e. The largest absolute Gasteiger partial charge is 0.352 e. The lowest BCUT2D eigenvalue weighted by Gasteiger charge is -2.10. The summed E-state index contributed by atoms with van der Waals surface area (Å²) in [5.74, 6) is 3.61. The van der Waals surface area contributed by atoms with Crippen molar-refractivity contribution in [3.63, 3.8) is 0 Å². The maximum atomic E-state index is 11.5. The van der Waals surface area contributed by atoms with Gasteiger partial charge < -0.3 is 5.32 Å². The number of rotatable bonds is 2. The number of hydrogen-bond donors (Lipinski definition) is 1. The average Bonchev–Trinajstić information content (AvgIpc) is 2.58. The monoisotopic (exact) mass is 185 g/mol. The standard InChI is InChI=1S/C9H15NOS/c1-6-4-8(6)9(11)10-7-2-3-12-5-7/h6-8H,2-5H2,1H3,(H,10,11). The first-order valence-corrected chi connectivity index (χ1v) is 5.81. The third-order valence-electron chi connectivity index (χ3n) is 2.72. The third-order valence-corrected chi connectivity index (χ3v) is 3.88. The molecule has 2 aliphatic rings. The van der Waals surface area contributed by atoms with E-state index >= 15 is 0 Å². The summed E-state index contributed by atoms with van der Waals surface area (Å²) in [6.07, 6.45) is 2.27. The van der Waals surface area contributed by atoms with Crippen LogP contribution in [-0.4, -0.2) is 23.5 Å². The molecule has 3 unspecified atom stereocenters. The lowest BCUT2D eigenvalue weighted by atomic mass is 10.2. The quantitative estimate of drug-likeness (QED) is 0.702. The van der Waals surface area contributed by atoms with Crippen molar-refractivity contribution >= 4 is 17.7 Å². The van der Waals surface area contributed by atoms with Gasteiger partial charge in [-0.1, -0.05) is 6.92 Å². The molecule has 1 N–H and O–H groups in total. The van der Waals surface area contributed by atoms with E-state index in [9.17, 15) is 4.79 Å². The second-order valence-corrected chi connectivity index (χ2v) is 5.04. The lowest BCUT2D eigenvalue weighted by molar-refractivity contribution is -0.123. The third kappa shape index (κ3) is 1.76. The maximum absolute atomic E-state index is 11.5. The summed E-state index contributed by atoms with van der Waals surface area (Å²) in [5, 5.41) is 3.11. The molecule has 2 rings (SSSR count). The fraction of sp³-hybridized carbons (Fsp3) is 0.889. The number of hydrogen-bond acceptors (Lipinski definition) is 2. The minimum Gasteiger partial charge on any atom is -0.352 e. The Kier molecular flexibility index (Phi) is 2.31. The van der Waals surface area contributed by atoms with Crippen molar-refractivity contribution in [2.24, 2.45) is 11.8 Å². The Morgan fingerprint density at radius 3 is 2.83 bits per heavy atom. The molecule has 0 radical (unpaired) electrons. The summed E-state index contributed by atoms with van der Waals surface area (Å²) in [5.41, 5.74) is 0. The Bertz CT molecular complexity index is 189. The van der Waals surface area contributed by atoms with Crippen molar-refractivity contribution in [2.75, 3.05) is 11.5 Å². The maximum Gasteiger partial charge on any atom is 0.223 e. The van der Waals surface area contributed by atoms with E-state index in [1.807, 2.05) is 11.8 Å². The van der Waals surface area contributed by atoms with Crippen molar-refractivity contribution in [3.05, 3.63) is 0 Å². The van der Waals surface area contributed by atoms with Crippen LogP contribution in [0.25, 0.3) is 0 Å². The van der Waals surface area contributed by atoms with Crippen LogP contribution >= 0.6 is 11.8 Å². The number of carbonyl (C=O) groups excluding carboxylic acids is 1. The Hall–Kier alpha value is -0.180. The topological polar surface area (TPSA) is 29.1 Å². The fourth-order valence-electron chi connectivity index (χ4n) is 1.64. The van der Waals surface area contributed by atoms with Gasteiger partial charge in [-0.05, 0) is 24.5 Å². The summed E-state index contributed by atoms with van der Waals surface area (Å²) in [4.78, 5) is 11.5. The van der Waals surface area contributed by atoms with Gasteiger partial charge in [0, 0.05) is 17.7 Å². The molecule has 2 fully saturated rings. The van der Waals surface area contributed by atoms with Crippen LogP contribution in [0.15, 0.2) is 0 Å². The first-order valence-electron chi connectivity index (χ1n) is 4.65. The van der Waals surface area contributed by atoms with Gasteiger partial charge in [0.2, 0.25) is 5.91 Å². The molecule has 0 aromatic heterocycles. The van der Waals surface area contributed by atoms with Gasteiger partial charge in [-0.2, -0.15) is 11.8 Å². The molecular weight excluding hydrogens is 170 g/mol. The molecule has 0 aromatic carbocycles. The first-order chi connectivity index (χ1) is 5.77. The van der Waals surface area contributed by atoms with E-state index in [4.69, 9.17) is 0 Å². The highest BCUT2D eigenvalue weighted by molar-refractivity contribution is 7.99. The Balaban J connectivity index is 1.75. The summed E-state index contributed by atoms with van der Waals surface area (Å²) in [6.45, 7) is 2.15. The normalized spacial score (nSPS) is 39.6. The van der Waals surface area contributed by atoms with E-state index in [1.54, 1.807) is 0 Å². The molecule has 1 aliphatic carbocycles. The number of thioether (sulfide) groups is 1. The fourth-order valence-corrected chi connectivity index (χ4v) is 2.80. The number of carbonyl (C=O) groups is 1. The van der Waals surface area contributed by atoms with Crippen LogP contribution in [0.3, 0.4) is 0 Å². The van der Waals surface area contributed by atoms with Gasteiger partial charge >= 0.3 is 0 Å². The minimum absolute atomic E-state index is 0.301. The Morgan fingerprint density at radius 2 is 2.33 bits per heavy atom. The van der Waals surface area contributed by atoms with Crippen LogP contribution in [0.2, 0.25) is 0 Å². The minimum atomic E-state index is 0.301. The number of amides is 1. The predicted molar refractivity (Wildman–Crippen MR) is 51.1 cm³/mol. The molecule has 2 nitrogen and oxygen atoms in total. The van der Waals surface area contributed by atoms with Gasteiger partial charge in [0.05, 0.1) is 0 Å². The van der Waals surface area contributed by atoms with Gasteiger partial charge in [-0.3, -0.25) is 4.79 Å². The summed E-state index contributed by atoms with van der Waals surface area (Å²) in [6, 6.07) is 0.468. The van der Waals surface area contributed by atoms with E-state index in [0.717, 1.165) is 18.6 Å². The van der Waals surface area contributed by atoms with Crippen molar-refractivity contribution in [1.82, 2.24) is 5.32 Å². The second-order valence-electron chi connectivity index (χ2n) is 3.89. The molecule has 1 heterocycles. The molecule has 1 aliphatic heterocycles. The highest BCUT2D eigenvalue weighted by atomic mass is 32.2. The highest BCUT2D eigenvalue weighted by Crippen LogP contribution is 2.38. The van der Waals surface area contributed by atoms with Gasteiger partial charge in [-0.15, -0.1) is 0 Å².